The summed E-state index contributed by atoms with van der Waals surface area (Å²) in [5.41, 5.74) is 5.66. The molecule has 1 N–H and O–H groups in total. The first kappa shape index (κ1) is 31.5. The number of rotatable bonds is 9. The third-order valence-electron chi connectivity index (χ3n) is 8.67. The van der Waals surface area contributed by atoms with E-state index < -0.39 is 6.37 Å². The molecule has 4 nitrogen and oxygen atoms in total. The second kappa shape index (κ2) is 14.7. The molecule has 1 radical (unpaired) electrons. The minimum atomic E-state index is -1.39. The van der Waals surface area contributed by atoms with Crippen LogP contribution in [0.2, 0.25) is 0 Å². The molecule has 0 saturated carbocycles. The number of aliphatic hydroxyl groups is 1. The van der Waals surface area contributed by atoms with Crippen LogP contribution in [0.3, 0.4) is 0 Å². The summed E-state index contributed by atoms with van der Waals surface area (Å²) >= 11 is 0. The van der Waals surface area contributed by atoms with Crippen molar-refractivity contribution in [2.45, 2.75) is 92.9 Å². The summed E-state index contributed by atoms with van der Waals surface area (Å²) in [6.45, 7) is 16.4. The first-order valence-electron chi connectivity index (χ1n) is 16.5. The Morgan fingerprint density at radius 2 is 1.70 bits per heavy atom. The van der Waals surface area contributed by atoms with Gasteiger partial charge in [0.1, 0.15) is 0 Å². The van der Waals surface area contributed by atoms with E-state index in [0.717, 1.165) is 64.2 Å². The van der Waals surface area contributed by atoms with Gasteiger partial charge in [0.25, 0.3) is 0 Å². The van der Waals surface area contributed by atoms with Crippen LogP contribution < -0.4 is 0 Å². The Morgan fingerprint density at radius 1 is 1.02 bits per heavy atom. The number of allylic oxidation sites excluding steroid dienone is 2. The van der Waals surface area contributed by atoms with Crippen LogP contribution in [0.5, 0.6) is 0 Å². The van der Waals surface area contributed by atoms with Crippen molar-refractivity contribution in [2.75, 3.05) is 0 Å². The minimum Gasteiger partial charge on any atom is -0.512 e. The van der Waals surface area contributed by atoms with Gasteiger partial charge in [-0.25, -0.2) is 0 Å². The summed E-state index contributed by atoms with van der Waals surface area (Å²) in [7, 11) is 0. The maximum atomic E-state index is 11.7. The molecule has 2 heterocycles. The summed E-state index contributed by atoms with van der Waals surface area (Å²) in [4.78, 5) is 21.1. The van der Waals surface area contributed by atoms with Crippen molar-refractivity contribution < 1.29 is 32.7 Å². The summed E-state index contributed by atoms with van der Waals surface area (Å²) in [6.07, 6.45) is 7.14. The Hall–Kier alpha value is -2.88. The number of ketones is 1. The Morgan fingerprint density at radius 3 is 2.33 bits per heavy atom. The van der Waals surface area contributed by atoms with E-state index in [0.29, 0.717) is 5.56 Å². The van der Waals surface area contributed by atoms with Gasteiger partial charge in [0.2, 0.25) is 0 Å². The van der Waals surface area contributed by atoms with Crippen molar-refractivity contribution in [3.05, 3.63) is 83.4 Å². The minimum absolute atomic E-state index is 0. The van der Waals surface area contributed by atoms with Crippen LogP contribution in [0.4, 0.5) is 0 Å². The number of benzene rings is 2. The second-order valence-corrected chi connectivity index (χ2v) is 12.2. The topological polar surface area (TPSA) is 63.1 Å². The van der Waals surface area contributed by atoms with Gasteiger partial charge in [-0.1, -0.05) is 102 Å². The molecule has 0 spiro atoms. The molecule has 0 unspecified atom stereocenters. The van der Waals surface area contributed by atoms with Gasteiger partial charge < -0.3 is 10.1 Å². The number of carbonyl (C=O) groups is 1. The number of nitrogens with zero attached hydrogens (tertiary/aromatic N) is 2. The summed E-state index contributed by atoms with van der Waals surface area (Å²) in [5.74, 6) is 0.436. The molecule has 0 saturated heterocycles. The maximum Gasteiger partial charge on any atom is 0.162 e. The largest absolute Gasteiger partial charge is 0.512 e. The molecule has 0 fully saturated rings. The molecule has 43 heavy (non-hydrogen) atoms. The van der Waals surface area contributed by atoms with Crippen molar-refractivity contribution in [1.82, 2.24) is 9.97 Å². The van der Waals surface area contributed by atoms with Crippen LogP contribution in [0.1, 0.15) is 101 Å². The standard InChI is InChI=1S/C25H23N2.C13H24O2.Ir/c1-15(2)12-16-8-9-17-14-27-24-18-10-11-26-21-7-5-6-20(22(18)21)25(3,4)23(24)19(17)13-16;1-5-10(6-2)12(14)9-13(15)11(7-3)8-4;/h5-9,11,13-15H,12H2,1-4H3;9-11,14H,5-8H2,1-4H3;/q-1;;/b;12-9-;/i12D2;;. The number of aromatic nitrogens is 2. The number of carbonyl (C=O) groups excluding carboxylic acids is 1. The van der Waals surface area contributed by atoms with Gasteiger partial charge >= 0.3 is 0 Å². The number of pyridine rings is 2. The zero-order valence-electron chi connectivity index (χ0n) is 28.8. The van der Waals surface area contributed by atoms with E-state index in [1.807, 2.05) is 72.0 Å². The molecule has 5 rings (SSSR count). The SMILES string of the molecule is CCC(CC)C(=O)/C=C(\O)C(CC)CC.[2H]C([2H])(c1ccc2cnc3c(c2c1)C(C)(C)c1cccc2nc[c-]c-3c12)C(C)C.[Ir]. The number of hydrogen-bond acceptors (Lipinski definition) is 4. The second-order valence-electron chi connectivity index (χ2n) is 12.2. The fourth-order valence-electron chi connectivity index (χ4n) is 6.23. The van der Waals surface area contributed by atoms with E-state index in [-0.39, 0.29) is 54.8 Å². The molecular weight excluding hydrogens is 709 g/mol. The van der Waals surface area contributed by atoms with Gasteiger partial charge in [0.15, 0.2) is 5.78 Å². The van der Waals surface area contributed by atoms with E-state index in [9.17, 15) is 9.90 Å². The summed E-state index contributed by atoms with van der Waals surface area (Å²) < 4.78 is 17.2. The van der Waals surface area contributed by atoms with Crippen molar-refractivity contribution in [2.24, 2.45) is 17.8 Å². The van der Waals surface area contributed by atoms with Gasteiger partial charge in [-0.05, 0) is 77.7 Å². The van der Waals surface area contributed by atoms with Crippen molar-refractivity contribution >= 4 is 27.5 Å². The Labute approximate surface area is 274 Å². The summed E-state index contributed by atoms with van der Waals surface area (Å²) in [5, 5.41) is 13.0. The van der Waals surface area contributed by atoms with Crippen LogP contribution in [-0.2, 0) is 36.7 Å². The van der Waals surface area contributed by atoms with Gasteiger partial charge in [-0.15, -0.1) is 0 Å². The normalized spacial score (nSPS) is 14.6. The van der Waals surface area contributed by atoms with Crippen LogP contribution in [0.15, 0.2) is 60.6 Å². The van der Waals surface area contributed by atoms with E-state index in [1.165, 1.54) is 11.6 Å². The quantitative estimate of drug-likeness (QED) is 0.105. The van der Waals surface area contributed by atoms with Crippen LogP contribution in [-0.4, -0.2) is 20.9 Å². The molecule has 0 aliphatic heterocycles. The summed E-state index contributed by atoms with van der Waals surface area (Å²) in [6, 6.07) is 15.5. The molecule has 0 atom stereocenters. The third kappa shape index (κ3) is 7.10. The number of aliphatic hydroxyl groups excluding tert-OH is 1. The molecular formula is C38H47IrN2O2-. The Kier molecular flexibility index (Phi) is 10.8. The molecule has 0 amide bonds. The molecule has 231 valence electrons. The van der Waals surface area contributed by atoms with Gasteiger partial charge in [-0.2, -0.15) is 11.6 Å². The fourth-order valence-corrected chi connectivity index (χ4v) is 6.23. The van der Waals surface area contributed by atoms with Crippen LogP contribution >= 0.6 is 0 Å². The average Bonchev–Trinajstić information content (AvgIpc) is 3.00. The third-order valence-corrected chi connectivity index (χ3v) is 8.67. The van der Waals surface area contributed by atoms with Gasteiger partial charge in [-0.3, -0.25) is 9.78 Å². The molecule has 1 aliphatic rings. The smallest absolute Gasteiger partial charge is 0.162 e. The Bertz CT molecular complexity index is 1680. The first-order chi connectivity index (χ1) is 20.8. The van der Waals surface area contributed by atoms with Crippen LogP contribution in [0, 0.1) is 23.8 Å². The molecule has 2 aromatic carbocycles. The first-order valence-corrected chi connectivity index (χ1v) is 15.5. The molecule has 1 aliphatic carbocycles. The predicted molar refractivity (Wildman–Crippen MR) is 176 cm³/mol. The molecule has 5 heteroatoms. The Balaban J connectivity index is 0.000000297. The number of fused-ring (bicyclic) bond motifs is 4. The monoisotopic (exact) mass is 758 g/mol. The maximum absolute atomic E-state index is 11.7. The van der Waals surface area contributed by atoms with Crippen molar-refractivity contribution in [3.8, 4) is 11.3 Å². The van der Waals surface area contributed by atoms with E-state index in [4.69, 9.17) is 7.73 Å². The predicted octanol–water partition coefficient (Wildman–Crippen LogP) is 9.96. The molecule has 0 bridgehead atoms. The van der Waals surface area contributed by atoms with Crippen LogP contribution in [0.25, 0.3) is 32.9 Å². The zero-order valence-corrected chi connectivity index (χ0v) is 29.2. The van der Waals surface area contributed by atoms with E-state index in [1.54, 1.807) is 6.20 Å². The van der Waals surface area contributed by atoms with Crippen molar-refractivity contribution in [1.29, 1.82) is 0 Å². The molecule has 2 aromatic heterocycles. The van der Waals surface area contributed by atoms with E-state index >= 15 is 0 Å². The zero-order chi connectivity index (χ0) is 32.4. The number of hydrogen-bond donors (Lipinski definition) is 1. The van der Waals surface area contributed by atoms with Gasteiger partial charge in [0.05, 0.1) is 5.76 Å². The van der Waals surface area contributed by atoms with Crippen molar-refractivity contribution in [3.63, 3.8) is 0 Å². The fraction of sp³-hybridized carbons (Fsp3) is 0.447. The molecule has 4 aromatic rings. The van der Waals surface area contributed by atoms with E-state index in [2.05, 4.69) is 37.0 Å². The van der Waals surface area contributed by atoms with Gasteiger partial charge in [0, 0.05) is 52.5 Å². The average molecular weight is 758 g/mol.